The lowest BCUT2D eigenvalue weighted by molar-refractivity contribution is -0.558. The maximum atomic E-state index is 13.8. The molecule has 0 saturated heterocycles. The van der Waals surface area contributed by atoms with Crippen LogP contribution in [0.3, 0.4) is 0 Å². The molecule has 0 aliphatic heterocycles. The van der Waals surface area contributed by atoms with Crippen molar-refractivity contribution in [3.05, 3.63) is 43.3 Å². The number of esters is 1. The average Bonchev–Trinajstić information content (AvgIpc) is 2.61. The number of ether oxygens (including phenoxy) is 1. The zero-order valence-electron chi connectivity index (χ0n) is 16.9. The number of carbonyl (C=O) groups is 1. The number of halogens is 6. The minimum absolute atomic E-state index is 0.0600. The molecule has 0 amide bonds. The highest BCUT2D eigenvalue weighted by Crippen LogP contribution is 2.12. The van der Waals surface area contributed by atoms with Gasteiger partial charge in [-0.3, -0.25) is 4.79 Å². The Morgan fingerprint density at radius 1 is 0.966 bits per heavy atom. The Kier molecular flexibility index (Phi) is 16.0. The third-order valence-corrected chi connectivity index (χ3v) is 6.10. The van der Waals surface area contributed by atoms with Crippen LogP contribution in [0.2, 0.25) is 0 Å². The monoisotopic (exact) mass is 534 g/mol. The van der Waals surface area contributed by atoms with Crippen LogP contribution in [0.1, 0.15) is 63.9 Å². The SMILES string of the molecule is CC(=O)OCCCCCCCCC/C(F)=C\[I+]c1ccc(C)cc1.F[B-](F)(F)F. The quantitative estimate of drug-likeness (QED) is 0.133. The summed E-state index contributed by atoms with van der Waals surface area (Å²) in [5, 5.41) is 0. The minimum atomic E-state index is -6.00. The van der Waals surface area contributed by atoms with Gasteiger partial charge in [-0.15, -0.1) is 0 Å². The smallest absolute Gasteiger partial charge is 0.466 e. The fourth-order valence-corrected chi connectivity index (χ4v) is 4.06. The molecule has 0 bridgehead atoms. The Morgan fingerprint density at radius 2 is 1.45 bits per heavy atom. The second kappa shape index (κ2) is 16.6. The molecule has 0 unspecified atom stereocenters. The van der Waals surface area contributed by atoms with Crippen molar-refractivity contribution in [1.82, 2.24) is 0 Å². The molecule has 0 fully saturated rings. The van der Waals surface area contributed by atoms with E-state index in [0.717, 1.165) is 32.1 Å². The zero-order valence-corrected chi connectivity index (χ0v) is 19.1. The Balaban J connectivity index is 0.00000139. The molecule has 29 heavy (non-hydrogen) atoms. The first-order valence-electron chi connectivity index (χ1n) is 9.63. The summed E-state index contributed by atoms with van der Waals surface area (Å²) in [6.07, 6.45) is 8.16. The Morgan fingerprint density at radius 3 is 1.97 bits per heavy atom. The van der Waals surface area contributed by atoms with Crippen LogP contribution in [-0.4, -0.2) is 19.8 Å². The van der Waals surface area contributed by atoms with Gasteiger partial charge in [-0.1, -0.05) is 49.8 Å². The average molecular weight is 534 g/mol. The number of aryl methyl sites for hydroxylation is 1. The summed E-state index contributed by atoms with van der Waals surface area (Å²) in [7, 11) is -6.00. The van der Waals surface area contributed by atoms with E-state index in [0.29, 0.717) is 13.0 Å². The van der Waals surface area contributed by atoms with E-state index >= 15 is 0 Å². The van der Waals surface area contributed by atoms with Gasteiger partial charge in [0, 0.05) is 13.3 Å². The van der Waals surface area contributed by atoms with Crippen molar-refractivity contribution in [1.29, 1.82) is 0 Å². The summed E-state index contributed by atoms with van der Waals surface area (Å²) in [5.74, 6) is -0.139. The summed E-state index contributed by atoms with van der Waals surface area (Å²) in [5.41, 5.74) is 1.25. The van der Waals surface area contributed by atoms with Crippen molar-refractivity contribution < 1.29 is 52.4 Å². The summed E-state index contributed by atoms with van der Waals surface area (Å²) in [6, 6.07) is 8.39. The van der Waals surface area contributed by atoms with Crippen LogP contribution >= 0.6 is 0 Å². The Hall–Kier alpha value is -1.13. The summed E-state index contributed by atoms with van der Waals surface area (Å²) in [6.45, 7) is 4.05. The number of rotatable bonds is 12. The van der Waals surface area contributed by atoms with Crippen molar-refractivity contribution in [2.45, 2.75) is 65.2 Å². The van der Waals surface area contributed by atoms with Gasteiger partial charge in [0.2, 0.25) is 0 Å². The molecule has 0 radical (unpaired) electrons. The highest BCUT2D eigenvalue weighted by atomic mass is 127. The molecule has 1 rings (SSSR count). The number of carbonyl (C=O) groups excluding carboxylic acids is 1. The number of hydrogen-bond donors (Lipinski definition) is 0. The van der Waals surface area contributed by atoms with Gasteiger partial charge >= 0.3 is 34.4 Å². The fourth-order valence-electron chi connectivity index (χ4n) is 2.28. The number of unbranched alkanes of at least 4 members (excludes halogenated alkanes) is 6. The van der Waals surface area contributed by atoms with Crippen molar-refractivity contribution >= 4 is 13.2 Å². The molecule has 1 aromatic rings. The van der Waals surface area contributed by atoms with Gasteiger partial charge in [-0.25, -0.2) is 4.39 Å². The molecule has 1 aromatic carbocycles. The first kappa shape index (κ1) is 27.9. The van der Waals surface area contributed by atoms with E-state index in [9.17, 15) is 26.4 Å². The van der Waals surface area contributed by atoms with E-state index in [1.807, 2.05) is 4.08 Å². The molecule has 0 aromatic heterocycles. The van der Waals surface area contributed by atoms with E-state index in [1.54, 1.807) is 0 Å². The summed E-state index contributed by atoms with van der Waals surface area (Å²) >= 11 is -0.342. The summed E-state index contributed by atoms with van der Waals surface area (Å²) in [4.78, 5) is 10.6. The highest BCUT2D eigenvalue weighted by molar-refractivity contribution is 6.50. The van der Waals surface area contributed by atoms with Crippen molar-refractivity contribution in [2.24, 2.45) is 0 Å². The van der Waals surface area contributed by atoms with E-state index in [4.69, 9.17) is 4.74 Å². The van der Waals surface area contributed by atoms with Crippen LogP contribution in [0, 0.1) is 10.5 Å². The molecule has 0 N–H and O–H groups in total. The van der Waals surface area contributed by atoms with E-state index in [1.165, 1.54) is 28.9 Å². The molecule has 2 nitrogen and oxygen atoms in total. The Bertz CT molecular complexity index is 586. The summed E-state index contributed by atoms with van der Waals surface area (Å²) < 4.78 is 60.8. The third kappa shape index (κ3) is 23.0. The third-order valence-electron chi connectivity index (χ3n) is 3.68. The van der Waals surface area contributed by atoms with E-state index in [-0.39, 0.29) is 33.0 Å². The number of allylic oxidation sites excluding steroid dienone is 1. The molecule has 0 spiro atoms. The van der Waals surface area contributed by atoms with E-state index < -0.39 is 7.25 Å². The molecule has 0 saturated carbocycles. The molecule has 0 atom stereocenters. The first-order valence-corrected chi connectivity index (χ1v) is 12.0. The molecule has 9 heteroatoms. The van der Waals surface area contributed by atoms with Crippen molar-refractivity contribution in [3.8, 4) is 0 Å². The topological polar surface area (TPSA) is 26.3 Å². The lowest BCUT2D eigenvalue weighted by atomic mass is 10.1. The van der Waals surface area contributed by atoms with Crippen LogP contribution in [-0.2, 0) is 9.53 Å². The van der Waals surface area contributed by atoms with Gasteiger partial charge in [0.15, 0.2) is 7.65 Å². The van der Waals surface area contributed by atoms with Gasteiger partial charge in [0.05, 0.1) is 6.61 Å². The number of hydrogen-bond acceptors (Lipinski definition) is 2. The predicted octanol–water partition coefficient (Wildman–Crippen LogP) is 4.05. The highest BCUT2D eigenvalue weighted by Gasteiger charge is 2.20. The van der Waals surface area contributed by atoms with Crippen molar-refractivity contribution in [3.63, 3.8) is 0 Å². The first-order chi connectivity index (χ1) is 13.6. The van der Waals surface area contributed by atoms with Gasteiger partial charge < -0.3 is 22.0 Å². The minimum Gasteiger partial charge on any atom is -0.466 e. The van der Waals surface area contributed by atoms with E-state index in [2.05, 4.69) is 31.2 Å². The molecule has 0 heterocycles. The van der Waals surface area contributed by atoms with Crippen LogP contribution in [0.5, 0.6) is 0 Å². The van der Waals surface area contributed by atoms with Gasteiger partial charge in [0.25, 0.3) is 0 Å². The second-order valence-corrected chi connectivity index (χ2v) is 9.01. The lowest BCUT2D eigenvalue weighted by Gasteiger charge is -2.02. The van der Waals surface area contributed by atoms with Crippen LogP contribution in [0.25, 0.3) is 0 Å². The standard InChI is InChI=1S/C20H29FIO2.BF4/c1-17-11-13-20(14-12-17)22-16-19(21)10-8-6-4-3-5-7-9-15-24-18(2)23;2-1(3,4)5/h11-14,16H,3-10,15H2,1-2H3;/q+1;-1/b19-16+;. The van der Waals surface area contributed by atoms with Crippen molar-refractivity contribution in [2.75, 3.05) is 6.61 Å². The molecular formula is C20H29BF5IO2. The number of benzene rings is 1. The van der Waals surface area contributed by atoms with Crippen LogP contribution in [0.15, 0.2) is 34.2 Å². The largest absolute Gasteiger partial charge is 0.673 e. The zero-order chi connectivity index (χ0) is 22.1. The van der Waals surface area contributed by atoms with Crippen LogP contribution in [0.4, 0.5) is 21.7 Å². The van der Waals surface area contributed by atoms with Gasteiger partial charge in [-0.2, -0.15) is 0 Å². The van der Waals surface area contributed by atoms with Crippen LogP contribution < -0.4 is 21.2 Å². The van der Waals surface area contributed by atoms with Gasteiger partial charge in [-0.05, 0) is 31.9 Å². The molecule has 0 aliphatic rings. The maximum Gasteiger partial charge on any atom is 0.673 e. The predicted molar refractivity (Wildman–Crippen MR) is 103 cm³/mol. The Labute approximate surface area is 180 Å². The maximum absolute atomic E-state index is 13.8. The molecule has 0 aliphatic carbocycles. The second-order valence-electron chi connectivity index (χ2n) is 6.52. The molecular weight excluding hydrogens is 505 g/mol. The van der Waals surface area contributed by atoms with Gasteiger partial charge in [0.1, 0.15) is 5.83 Å². The lowest BCUT2D eigenvalue weighted by Crippen LogP contribution is -3.59. The molecule has 166 valence electrons. The fraction of sp³-hybridized carbons (Fsp3) is 0.550. The normalized spacial score (nSPS) is 11.6.